The fourth-order valence-corrected chi connectivity index (χ4v) is 2.36. The largest absolute Gasteiger partial charge is 0.306 e. The molecule has 1 heterocycles. The minimum Gasteiger partial charge on any atom is -0.306 e. The molecule has 1 N–H and O–H groups in total. The van der Waals surface area contributed by atoms with Crippen molar-refractivity contribution < 1.29 is 0 Å². The number of para-hydroxylation sites is 1. The number of H-pyrrole nitrogens is 1. The van der Waals surface area contributed by atoms with Crippen LogP contribution < -0.4 is 5.56 Å². The van der Waals surface area contributed by atoms with Crippen LogP contribution in [0.3, 0.4) is 0 Å². The molecule has 0 bridgehead atoms. The molecule has 5 heteroatoms. The number of hydrogen-bond acceptors (Lipinski definition) is 2. The van der Waals surface area contributed by atoms with Gasteiger partial charge in [0.25, 0.3) is 5.56 Å². The van der Waals surface area contributed by atoms with Crippen LogP contribution in [0.1, 0.15) is 0 Å². The van der Waals surface area contributed by atoms with Gasteiger partial charge in [-0.1, -0.05) is 23.7 Å². The van der Waals surface area contributed by atoms with Crippen molar-refractivity contribution in [2.24, 2.45) is 0 Å². The summed E-state index contributed by atoms with van der Waals surface area (Å²) in [5.74, 6) is 0.529. The molecule has 19 heavy (non-hydrogen) atoms. The van der Waals surface area contributed by atoms with Crippen molar-refractivity contribution in [2.75, 3.05) is 0 Å². The summed E-state index contributed by atoms with van der Waals surface area (Å²) in [7, 11) is 0. The van der Waals surface area contributed by atoms with Crippen molar-refractivity contribution >= 4 is 38.4 Å². The van der Waals surface area contributed by atoms with E-state index < -0.39 is 0 Å². The maximum atomic E-state index is 12.0. The third-order valence-electron chi connectivity index (χ3n) is 2.81. The van der Waals surface area contributed by atoms with E-state index >= 15 is 0 Å². The fourth-order valence-electron chi connectivity index (χ4n) is 1.87. The van der Waals surface area contributed by atoms with Gasteiger partial charge in [-0.2, -0.15) is 0 Å². The zero-order chi connectivity index (χ0) is 13.4. The lowest BCUT2D eigenvalue weighted by Crippen LogP contribution is -2.09. The molecular weight excluding hydrogens is 328 g/mol. The van der Waals surface area contributed by atoms with Gasteiger partial charge in [0.1, 0.15) is 5.82 Å². The highest BCUT2D eigenvalue weighted by Gasteiger charge is 2.07. The smallest absolute Gasteiger partial charge is 0.259 e. The van der Waals surface area contributed by atoms with Crippen LogP contribution >= 0.6 is 27.5 Å². The lowest BCUT2D eigenvalue weighted by Gasteiger charge is -2.04. The van der Waals surface area contributed by atoms with E-state index in [1.165, 1.54) is 0 Å². The molecule has 1 aromatic heterocycles. The van der Waals surface area contributed by atoms with Gasteiger partial charge in [-0.3, -0.25) is 4.79 Å². The first-order chi connectivity index (χ1) is 9.15. The maximum absolute atomic E-state index is 12.0. The van der Waals surface area contributed by atoms with Crippen molar-refractivity contribution in [1.82, 2.24) is 9.97 Å². The molecule has 0 aliphatic heterocycles. The van der Waals surface area contributed by atoms with Gasteiger partial charge >= 0.3 is 0 Å². The van der Waals surface area contributed by atoms with Gasteiger partial charge in [0.15, 0.2) is 0 Å². The standard InChI is InChI=1S/C14H8BrClN2O/c15-10-7-8(5-6-11(10)16)13-17-12-4-2-1-3-9(12)14(19)18-13/h1-7H,(H,17,18,19). The molecule has 3 nitrogen and oxygen atoms in total. The van der Waals surface area contributed by atoms with Crippen molar-refractivity contribution in [2.45, 2.75) is 0 Å². The molecule has 3 aromatic rings. The number of rotatable bonds is 1. The van der Waals surface area contributed by atoms with Crippen molar-refractivity contribution in [3.05, 3.63) is 62.3 Å². The Bertz CT molecular complexity index is 829. The maximum Gasteiger partial charge on any atom is 0.259 e. The van der Waals surface area contributed by atoms with Crippen LogP contribution in [-0.2, 0) is 0 Å². The molecule has 2 aromatic carbocycles. The first-order valence-corrected chi connectivity index (χ1v) is 6.77. The summed E-state index contributed by atoms with van der Waals surface area (Å²) in [6, 6.07) is 12.7. The zero-order valence-electron chi connectivity index (χ0n) is 9.65. The van der Waals surface area contributed by atoms with E-state index in [2.05, 4.69) is 25.9 Å². The lowest BCUT2D eigenvalue weighted by atomic mass is 10.2. The van der Waals surface area contributed by atoms with Crippen LogP contribution in [0.5, 0.6) is 0 Å². The van der Waals surface area contributed by atoms with Gasteiger partial charge in [-0.05, 0) is 46.3 Å². The summed E-state index contributed by atoms with van der Waals surface area (Å²) >= 11 is 9.32. The first kappa shape index (κ1) is 12.4. The third kappa shape index (κ3) is 2.29. The molecule has 0 amide bonds. The second-order valence-corrected chi connectivity index (χ2v) is 5.32. The summed E-state index contributed by atoms with van der Waals surface area (Å²) in [4.78, 5) is 19.2. The highest BCUT2D eigenvalue weighted by molar-refractivity contribution is 9.10. The molecule has 0 spiro atoms. The van der Waals surface area contributed by atoms with Crippen LogP contribution in [0.25, 0.3) is 22.3 Å². The van der Waals surface area contributed by atoms with Gasteiger partial charge in [-0.25, -0.2) is 4.98 Å². The molecule has 3 rings (SSSR count). The van der Waals surface area contributed by atoms with E-state index in [4.69, 9.17) is 11.6 Å². The van der Waals surface area contributed by atoms with E-state index in [1.54, 1.807) is 12.1 Å². The monoisotopic (exact) mass is 334 g/mol. The SMILES string of the molecule is O=c1[nH]c(-c2ccc(Cl)c(Br)c2)nc2ccccc12. The molecule has 94 valence electrons. The Morgan fingerprint density at radius 3 is 2.74 bits per heavy atom. The van der Waals surface area contributed by atoms with E-state index in [-0.39, 0.29) is 5.56 Å². The van der Waals surface area contributed by atoms with E-state index in [0.717, 1.165) is 10.0 Å². The number of aromatic nitrogens is 2. The van der Waals surface area contributed by atoms with Gasteiger partial charge in [0.05, 0.1) is 15.9 Å². The molecule has 0 aliphatic carbocycles. The van der Waals surface area contributed by atoms with Gasteiger partial charge < -0.3 is 4.98 Å². The average Bonchev–Trinajstić information content (AvgIpc) is 2.42. The van der Waals surface area contributed by atoms with Crippen molar-refractivity contribution in [3.63, 3.8) is 0 Å². The number of aromatic amines is 1. The summed E-state index contributed by atoms with van der Waals surface area (Å²) < 4.78 is 0.766. The van der Waals surface area contributed by atoms with Crippen LogP contribution in [-0.4, -0.2) is 9.97 Å². The quantitative estimate of drug-likeness (QED) is 0.730. The van der Waals surface area contributed by atoms with E-state index in [0.29, 0.717) is 21.7 Å². The number of fused-ring (bicyclic) bond motifs is 1. The van der Waals surface area contributed by atoms with Crippen molar-refractivity contribution in [1.29, 1.82) is 0 Å². The Morgan fingerprint density at radius 2 is 1.95 bits per heavy atom. The average molecular weight is 336 g/mol. The third-order valence-corrected chi connectivity index (χ3v) is 4.02. The Balaban J connectivity index is 2.25. The highest BCUT2D eigenvalue weighted by atomic mass is 79.9. The van der Waals surface area contributed by atoms with Crippen LogP contribution in [0.2, 0.25) is 5.02 Å². The highest BCUT2D eigenvalue weighted by Crippen LogP contribution is 2.27. The Kier molecular flexibility index (Phi) is 3.12. The molecule has 0 atom stereocenters. The van der Waals surface area contributed by atoms with Gasteiger partial charge in [-0.15, -0.1) is 0 Å². The summed E-state index contributed by atoms with van der Waals surface area (Å²) in [6.07, 6.45) is 0. The summed E-state index contributed by atoms with van der Waals surface area (Å²) in [5.41, 5.74) is 1.33. The van der Waals surface area contributed by atoms with Gasteiger partial charge in [0, 0.05) is 10.0 Å². The Hall–Kier alpha value is -1.65. The van der Waals surface area contributed by atoms with Gasteiger partial charge in [0.2, 0.25) is 0 Å². The number of benzene rings is 2. The van der Waals surface area contributed by atoms with Crippen LogP contribution in [0, 0.1) is 0 Å². The van der Waals surface area contributed by atoms with E-state index in [1.807, 2.05) is 30.3 Å². The zero-order valence-corrected chi connectivity index (χ0v) is 12.0. The van der Waals surface area contributed by atoms with Crippen molar-refractivity contribution in [3.8, 4) is 11.4 Å². The number of hydrogen-bond donors (Lipinski definition) is 1. The molecule has 0 saturated heterocycles. The first-order valence-electron chi connectivity index (χ1n) is 5.59. The number of nitrogens with zero attached hydrogens (tertiary/aromatic N) is 1. The fraction of sp³-hybridized carbons (Fsp3) is 0. The molecule has 0 saturated carbocycles. The van der Waals surface area contributed by atoms with Crippen LogP contribution in [0.4, 0.5) is 0 Å². The lowest BCUT2D eigenvalue weighted by molar-refractivity contribution is 1.18. The summed E-state index contributed by atoms with van der Waals surface area (Å²) in [5, 5.41) is 1.20. The molecular formula is C14H8BrClN2O. The predicted octanol–water partition coefficient (Wildman–Crippen LogP) is 4.01. The predicted molar refractivity (Wildman–Crippen MR) is 80.5 cm³/mol. The molecule has 0 unspecified atom stereocenters. The minimum atomic E-state index is -0.147. The molecule has 0 aliphatic rings. The Morgan fingerprint density at radius 1 is 1.16 bits per heavy atom. The number of nitrogens with one attached hydrogen (secondary N) is 1. The van der Waals surface area contributed by atoms with E-state index in [9.17, 15) is 4.79 Å². The topological polar surface area (TPSA) is 45.8 Å². The second kappa shape index (κ2) is 4.79. The minimum absolute atomic E-state index is 0.147. The summed E-state index contributed by atoms with van der Waals surface area (Å²) in [6.45, 7) is 0. The molecule has 0 fully saturated rings. The second-order valence-electron chi connectivity index (χ2n) is 4.06. The van der Waals surface area contributed by atoms with Crippen LogP contribution in [0.15, 0.2) is 51.7 Å². The normalized spacial score (nSPS) is 10.8. The number of halogens is 2. The Labute approximate surface area is 122 Å². The molecule has 0 radical (unpaired) electrons.